The van der Waals surface area contributed by atoms with Crippen LogP contribution in [0.3, 0.4) is 0 Å². The quantitative estimate of drug-likeness (QED) is 0.874. The fourth-order valence-electron chi connectivity index (χ4n) is 2.54. The fraction of sp³-hybridized carbons (Fsp3) is 0.357. The van der Waals surface area contributed by atoms with Gasteiger partial charge in [0.2, 0.25) is 0 Å². The number of fused-ring (bicyclic) bond motifs is 1. The molecule has 0 amide bonds. The molecular weight excluding hydrogens is 266 g/mol. The van der Waals surface area contributed by atoms with E-state index in [4.69, 9.17) is 5.41 Å². The Morgan fingerprint density at radius 3 is 2.79 bits per heavy atom. The summed E-state index contributed by atoms with van der Waals surface area (Å²) in [5, 5.41) is 8.03. The Kier molecular flexibility index (Phi) is 3.22. The highest BCUT2D eigenvalue weighted by atomic mass is 32.1. The summed E-state index contributed by atoms with van der Waals surface area (Å²) in [6, 6.07) is 3.94. The molecule has 0 bridgehead atoms. The molecule has 2 nitrogen and oxygen atoms in total. The molecule has 0 radical (unpaired) electrons. The molecule has 1 aromatic heterocycles. The minimum absolute atomic E-state index is 0. The first-order valence-electron chi connectivity index (χ1n) is 6.35. The number of aromatic nitrogens is 1. The Balaban J connectivity index is 0.00000147. The number of aryl methyl sites for hydroxylation is 1. The van der Waals surface area contributed by atoms with Crippen LogP contribution in [-0.2, 0) is 19.4 Å². The predicted octanol–water partition coefficient (Wildman–Crippen LogP) is 3.35. The first-order valence-corrected chi connectivity index (χ1v) is 7.16. The summed E-state index contributed by atoms with van der Waals surface area (Å²) in [5.41, 5.74) is 1.90. The van der Waals surface area contributed by atoms with Crippen LogP contribution in [0.25, 0.3) is 0 Å². The summed E-state index contributed by atoms with van der Waals surface area (Å²) in [5.74, 6) is -1.65. The predicted molar refractivity (Wildman–Crippen MR) is 71.4 cm³/mol. The first kappa shape index (κ1) is 12.5. The summed E-state index contributed by atoms with van der Waals surface area (Å²) in [7, 11) is 0. The van der Waals surface area contributed by atoms with E-state index >= 15 is 0 Å². The van der Waals surface area contributed by atoms with Gasteiger partial charge in [-0.15, -0.1) is 11.3 Å². The van der Waals surface area contributed by atoms with E-state index in [9.17, 15) is 8.78 Å². The van der Waals surface area contributed by atoms with Crippen molar-refractivity contribution in [3.63, 3.8) is 0 Å². The van der Waals surface area contributed by atoms with Crippen molar-refractivity contribution in [1.82, 2.24) is 4.57 Å². The minimum Gasteiger partial charge on any atom is -0.317 e. The lowest BCUT2D eigenvalue weighted by atomic mass is 10.0. The third-order valence-corrected chi connectivity index (χ3v) is 4.60. The van der Waals surface area contributed by atoms with Crippen molar-refractivity contribution in [2.24, 2.45) is 0 Å². The van der Waals surface area contributed by atoms with Crippen LogP contribution in [0.5, 0.6) is 0 Å². The molecule has 100 valence electrons. The average molecular weight is 281 g/mol. The third-order valence-electron chi connectivity index (χ3n) is 3.50. The van der Waals surface area contributed by atoms with E-state index in [0.29, 0.717) is 16.9 Å². The number of halogens is 2. The maximum Gasteiger partial charge on any atom is 1.00 e. The van der Waals surface area contributed by atoms with Gasteiger partial charge in [-0.2, -0.15) is 0 Å². The average Bonchev–Trinajstić information content (AvgIpc) is 2.71. The van der Waals surface area contributed by atoms with Crippen molar-refractivity contribution >= 4 is 11.3 Å². The molecule has 1 N–H and O–H groups in total. The highest BCUT2D eigenvalue weighted by Gasteiger charge is 2.17. The van der Waals surface area contributed by atoms with Crippen molar-refractivity contribution in [3.8, 4) is 0 Å². The van der Waals surface area contributed by atoms with Gasteiger partial charge in [0, 0.05) is 10.6 Å². The molecule has 0 fully saturated rings. The molecule has 1 heterocycles. The SMILES string of the molecule is N=c1sc2c(n1Cc1ccc(F)c(F)c1)CCCC2.[H+]. The number of rotatable bonds is 2. The van der Waals surface area contributed by atoms with Crippen molar-refractivity contribution < 1.29 is 10.2 Å². The lowest BCUT2D eigenvalue weighted by Gasteiger charge is -2.14. The van der Waals surface area contributed by atoms with Crippen LogP contribution >= 0.6 is 11.3 Å². The Labute approximate surface area is 115 Å². The first-order chi connectivity index (χ1) is 9.15. The zero-order valence-electron chi connectivity index (χ0n) is 11.4. The second-order valence-corrected chi connectivity index (χ2v) is 5.90. The standard InChI is InChI=1S/C14H14F2N2S/c15-10-6-5-9(7-11(10)16)8-18-12-3-1-2-4-13(12)19-14(18)17/h5-7,17H,1-4,8H2/p+1. The Bertz CT molecular complexity index is 678. The van der Waals surface area contributed by atoms with E-state index in [1.54, 1.807) is 6.07 Å². The molecule has 0 unspecified atom stereocenters. The highest BCUT2D eigenvalue weighted by molar-refractivity contribution is 7.09. The number of hydrogen-bond donors (Lipinski definition) is 1. The Morgan fingerprint density at radius 2 is 2.00 bits per heavy atom. The molecule has 0 aliphatic heterocycles. The van der Waals surface area contributed by atoms with Crippen molar-refractivity contribution in [2.45, 2.75) is 32.2 Å². The van der Waals surface area contributed by atoms with Crippen LogP contribution in [-0.4, -0.2) is 4.57 Å². The van der Waals surface area contributed by atoms with Gasteiger partial charge in [-0.3, -0.25) is 5.41 Å². The van der Waals surface area contributed by atoms with Gasteiger partial charge in [0.25, 0.3) is 0 Å². The third kappa shape index (κ3) is 2.34. The van der Waals surface area contributed by atoms with Crippen LogP contribution in [0.1, 0.15) is 30.4 Å². The molecule has 19 heavy (non-hydrogen) atoms. The molecule has 0 atom stereocenters. The molecule has 0 saturated carbocycles. The molecule has 1 aromatic carbocycles. The maximum atomic E-state index is 13.2. The van der Waals surface area contributed by atoms with Gasteiger partial charge in [0.15, 0.2) is 16.4 Å². The topological polar surface area (TPSA) is 28.8 Å². The van der Waals surface area contributed by atoms with Gasteiger partial charge < -0.3 is 4.57 Å². The molecule has 2 aromatic rings. The monoisotopic (exact) mass is 281 g/mol. The number of hydrogen-bond acceptors (Lipinski definition) is 2. The summed E-state index contributed by atoms with van der Waals surface area (Å²) in [4.78, 5) is 1.77. The zero-order chi connectivity index (χ0) is 13.4. The van der Waals surface area contributed by atoms with Crippen LogP contribution in [0.4, 0.5) is 8.78 Å². The Hall–Kier alpha value is -1.49. The van der Waals surface area contributed by atoms with Crippen LogP contribution in [0, 0.1) is 17.0 Å². The maximum absolute atomic E-state index is 13.2. The summed E-state index contributed by atoms with van der Waals surface area (Å²) >= 11 is 1.51. The van der Waals surface area contributed by atoms with Gasteiger partial charge in [-0.25, -0.2) is 8.78 Å². The molecule has 0 saturated heterocycles. The van der Waals surface area contributed by atoms with Gasteiger partial charge >= 0.3 is 1.43 Å². The number of benzene rings is 1. The number of thiazole rings is 1. The molecule has 3 rings (SSSR count). The van der Waals surface area contributed by atoms with E-state index in [-0.39, 0.29) is 1.43 Å². The van der Waals surface area contributed by atoms with E-state index < -0.39 is 11.6 Å². The molecule has 0 spiro atoms. The van der Waals surface area contributed by atoms with Gasteiger partial charge in [0.05, 0.1) is 6.54 Å². The minimum atomic E-state index is -0.827. The summed E-state index contributed by atoms with van der Waals surface area (Å²) < 4.78 is 28.1. The van der Waals surface area contributed by atoms with Gasteiger partial charge in [-0.1, -0.05) is 6.07 Å². The summed E-state index contributed by atoms with van der Waals surface area (Å²) in [6.07, 6.45) is 4.34. The number of nitrogens with zero attached hydrogens (tertiary/aromatic N) is 1. The van der Waals surface area contributed by atoms with Crippen molar-refractivity contribution in [1.29, 1.82) is 5.41 Å². The fourth-order valence-corrected chi connectivity index (χ4v) is 3.63. The largest absolute Gasteiger partial charge is 1.00 e. The second-order valence-electron chi connectivity index (χ2n) is 4.82. The van der Waals surface area contributed by atoms with E-state index in [0.717, 1.165) is 25.3 Å². The van der Waals surface area contributed by atoms with E-state index in [2.05, 4.69) is 0 Å². The van der Waals surface area contributed by atoms with Crippen molar-refractivity contribution in [3.05, 3.63) is 50.8 Å². The van der Waals surface area contributed by atoms with Crippen LogP contribution < -0.4 is 4.80 Å². The molecular formula is C14H15F2N2S+. The number of nitrogens with one attached hydrogen (secondary N) is 1. The van der Waals surface area contributed by atoms with Crippen LogP contribution in [0.2, 0.25) is 0 Å². The second kappa shape index (κ2) is 4.89. The van der Waals surface area contributed by atoms with Gasteiger partial charge in [0.1, 0.15) is 0 Å². The molecule has 1 aliphatic rings. The van der Waals surface area contributed by atoms with E-state index in [1.165, 1.54) is 34.4 Å². The zero-order valence-corrected chi connectivity index (χ0v) is 11.2. The molecule has 1 aliphatic carbocycles. The normalized spacial score (nSPS) is 14.4. The highest BCUT2D eigenvalue weighted by Crippen LogP contribution is 2.24. The Morgan fingerprint density at radius 1 is 1.21 bits per heavy atom. The lowest BCUT2D eigenvalue weighted by molar-refractivity contribution is 0.506. The summed E-state index contributed by atoms with van der Waals surface area (Å²) in [6.45, 7) is 0.446. The molecule has 5 heteroatoms. The van der Waals surface area contributed by atoms with Crippen LogP contribution in [0.15, 0.2) is 18.2 Å². The smallest absolute Gasteiger partial charge is 0.317 e. The van der Waals surface area contributed by atoms with E-state index in [1.807, 2.05) is 4.57 Å². The van der Waals surface area contributed by atoms with Crippen molar-refractivity contribution in [2.75, 3.05) is 0 Å². The lowest BCUT2D eigenvalue weighted by Crippen LogP contribution is -2.18. The van der Waals surface area contributed by atoms with Gasteiger partial charge in [-0.05, 0) is 43.4 Å².